The summed E-state index contributed by atoms with van der Waals surface area (Å²) in [5, 5.41) is 2.57. The highest BCUT2D eigenvalue weighted by Crippen LogP contribution is 2.31. The Morgan fingerprint density at radius 3 is 2.62 bits per heavy atom. The molecule has 0 aromatic heterocycles. The summed E-state index contributed by atoms with van der Waals surface area (Å²) >= 11 is 0. The molecule has 1 fully saturated rings. The lowest BCUT2D eigenvalue weighted by Crippen LogP contribution is -2.50. The zero-order valence-corrected chi connectivity index (χ0v) is 11.6. The number of carbonyl (C=O) groups excluding carboxylic acids is 1. The van der Waals surface area contributed by atoms with Gasteiger partial charge in [-0.1, -0.05) is 0 Å². The lowest BCUT2D eigenvalue weighted by atomic mass is 9.94. The topological polar surface area (TPSA) is 38.3 Å². The average molecular weight is 305 g/mol. The van der Waals surface area contributed by atoms with Crippen molar-refractivity contribution >= 4 is 5.91 Å². The Bertz CT molecular complexity index is 558. The lowest BCUT2D eigenvalue weighted by Gasteiger charge is -2.29. The van der Waals surface area contributed by atoms with Crippen LogP contribution in [0.4, 0.5) is 17.6 Å². The van der Waals surface area contributed by atoms with Crippen LogP contribution in [0.15, 0.2) is 18.2 Å². The van der Waals surface area contributed by atoms with Gasteiger partial charge in [0.1, 0.15) is 5.82 Å². The Labute approximate surface area is 119 Å². The van der Waals surface area contributed by atoms with Gasteiger partial charge in [-0.2, -0.15) is 13.2 Å². The van der Waals surface area contributed by atoms with E-state index in [1.54, 1.807) is 13.8 Å². The predicted octanol–water partition coefficient (Wildman–Crippen LogP) is 3.14. The maximum absolute atomic E-state index is 13.6. The molecule has 7 heteroatoms. The van der Waals surface area contributed by atoms with E-state index in [0.717, 1.165) is 0 Å². The van der Waals surface area contributed by atoms with Gasteiger partial charge < -0.3 is 10.1 Å². The van der Waals surface area contributed by atoms with Gasteiger partial charge in [-0.05, 0) is 38.5 Å². The van der Waals surface area contributed by atoms with E-state index in [1.165, 1.54) is 0 Å². The summed E-state index contributed by atoms with van der Waals surface area (Å²) in [7, 11) is 0. The third kappa shape index (κ3) is 3.18. The third-order valence-corrected chi connectivity index (χ3v) is 3.82. The Morgan fingerprint density at radius 1 is 1.43 bits per heavy atom. The Kier molecular flexibility index (Phi) is 3.97. The van der Waals surface area contributed by atoms with Gasteiger partial charge in [0.15, 0.2) is 0 Å². The molecule has 1 aliphatic heterocycles. The second-order valence-electron chi connectivity index (χ2n) is 5.33. The fourth-order valence-electron chi connectivity index (χ4n) is 2.20. The number of ether oxygens (including phenoxy) is 1. The quantitative estimate of drug-likeness (QED) is 0.853. The molecule has 21 heavy (non-hydrogen) atoms. The van der Waals surface area contributed by atoms with E-state index in [9.17, 15) is 22.4 Å². The van der Waals surface area contributed by atoms with Crippen molar-refractivity contribution < 1.29 is 27.1 Å². The van der Waals surface area contributed by atoms with E-state index in [2.05, 4.69) is 5.32 Å². The molecule has 1 aromatic carbocycles. The third-order valence-electron chi connectivity index (χ3n) is 3.82. The van der Waals surface area contributed by atoms with Crippen LogP contribution in [-0.4, -0.2) is 24.2 Å². The van der Waals surface area contributed by atoms with Crippen LogP contribution < -0.4 is 5.32 Å². The van der Waals surface area contributed by atoms with Crippen LogP contribution in [0.5, 0.6) is 0 Å². The highest BCUT2D eigenvalue weighted by molar-refractivity contribution is 5.95. The smallest absolute Gasteiger partial charge is 0.376 e. The molecule has 1 saturated heterocycles. The SMILES string of the molecule is CC1OCCC1(C)NC(=O)c1cc(C(F)(F)F)ccc1F. The summed E-state index contributed by atoms with van der Waals surface area (Å²) in [5.74, 6) is -1.87. The molecule has 0 radical (unpaired) electrons. The first-order valence-corrected chi connectivity index (χ1v) is 6.44. The average Bonchev–Trinajstić information content (AvgIpc) is 2.68. The number of alkyl halides is 3. The molecule has 1 aromatic rings. The summed E-state index contributed by atoms with van der Waals surface area (Å²) in [4.78, 5) is 12.1. The zero-order chi connectivity index (χ0) is 15.8. The minimum absolute atomic E-state index is 0.296. The van der Waals surface area contributed by atoms with Crippen molar-refractivity contribution in [2.45, 2.75) is 38.1 Å². The second kappa shape index (κ2) is 5.29. The monoisotopic (exact) mass is 305 g/mol. The van der Waals surface area contributed by atoms with E-state index in [4.69, 9.17) is 4.74 Å². The van der Waals surface area contributed by atoms with E-state index < -0.39 is 34.6 Å². The molecule has 116 valence electrons. The van der Waals surface area contributed by atoms with Crippen LogP contribution in [0.1, 0.15) is 36.2 Å². The van der Waals surface area contributed by atoms with Crippen LogP contribution in [-0.2, 0) is 10.9 Å². The van der Waals surface area contributed by atoms with Crippen LogP contribution in [0.3, 0.4) is 0 Å². The summed E-state index contributed by atoms with van der Waals surface area (Å²) < 4.78 is 56.9. The molecule has 1 amide bonds. The standard InChI is InChI=1S/C14H15F4NO2/c1-8-13(2,5-6-21-8)19-12(20)10-7-9(14(16,17)18)3-4-11(10)15/h3-4,7-8H,5-6H2,1-2H3,(H,19,20). The molecule has 2 rings (SSSR count). The molecular weight excluding hydrogens is 290 g/mol. The van der Waals surface area contributed by atoms with Crippen LogP contribution in [0.25, 0.3) is 0 Å². The first-order chi connectivity index (χ1) is 9.63. The van der Waals surface area contributed by atoms with E-state index in [-0.39, 0.29) is 6.10 Å². The zero-order valence-electron chi connectivity index (χ0n) is 11.6. The number of carbonyl (C=O) groups is 1. The minimum Gasteiger partial charge on any atom is -0.376 e. The number of rotatable bonds is 2. The first-order valence-electron chi connectivity index (χ1n) is 6.44. The molecule has 3 nitrogen and oxygen atoms in total. The second-order valence-corrected chi connectivity index (χ2v) is 5.33. The summed E-state index contributed by atoms with van der Waals surface area (Å²) in [6, 6.07) is 1.78. The van der Waals surface area contributed by atoms with Crippen LogP contribution in [0, 0.1) is 5.82 Å². The maximum atomic E-state index is 13.6. The van der Waals surface area contributed by atoms with Crippen molar-refractivity contribution in [1.82, 2.24) is 5.32 Å². The number of hydrogen-bond acceptors (Lipinski definition) is 2. The Morgan fingerprint density at radius 2 is 2.10 bits per heavy atom. The molecule has 1 aliphatic rings. The van der Waals surface area contributed by atoms with Crippen LogP contribution >= 0.6 is 0 Å². The van der Waals surface area contributed by atoms with Crippen LogP contribution in [0.2, 0.25) is 0 Å². The van der Waals surface area contributed by atoms with E-state index >= 15 is 0 Å². The van der Waals surface area contributed by atoms with Crippen molar-refractivity contribution in [2.75, 3.05) is 6.61 Å². The largest absolute Gasteiger partial charge is 0.416 e. The molecule has 0 saturated carbocycles. The Balaban J connectivity index is 2.27. The number of hydrogen-bond donors (Lipinski definition) is 1. The maximum Gasteiger partial charge on any atom is 0.416 e. The molecule has 2 atom stereocenters. The number of benzene rings is 1. The summed E-state index contributed by atoms with van der Waals surface area (Å²) in [6.45, 7) is 3.90. The molecule has 1 heterocycles. The summed E-state index contributed by atoms with van der Waals surface area (Å²) in [5.41, 5.74) is -2.40. The van der Waals surface area contributed by atoms with Gasteiger partial charge in [0.05, 0.1) is 22.8 Å². The normalized spacial score (nSPS) is 25.9. The van der Waals surface area contributed by atoms with E-state index in [1.807, 2.05) is 0 Å². The van der Waals surface area contributed by atoms with Crippen molar-refractivity contribution in [3.8, 4) is 0 Å². The van der Waals surface area contributed by atoms with Gasteiger partial charge in [0.2, 0.25) is 0 Å². The molecule has 0 bridgehead atoms. The fourth-order valence-corrected chi connectivity index (χ4v) is 2.20. The van der Waals surface area contributed by atoms with Crippen molar-refractivity contribution in [2.24, 2.45) is 0 Å². The predicted molar refractivity (Wildman–Crippen MR) is 67.3 cm³/mol. The molecule has 0 spiro atoms. The summed E-state index contributed by atoms with van der Waals surface area (Å²) in [6.07, 6.45) is -4.41. The molecule has 0 aliphatic carbocycles. The molecular formula is C14H15F4NO2. The fraction of sp³-hybridized carbons (Fsp3) is 0.500. The van der Waals surface area contributed by atoms with Crippen molar-refractivity contribution in [3.63, 3.8) is 0 Å². The van der Waals surface area contributed by atoms with Gasteiger partial charge in [-0.3, -0.25) is 4.79 Å². The number of amides is 1. The first kappa shape index (κ1) is 15.8. The number of halogens is 4. The molecule has 2 unspecified atom stereocenters. The number of nitrogens with one attached hydrogen (secondary N) is 1. The highest BCUT2D eigenvalue weighted by atomic mass is 19.4. The van der Waals surface area contributed by atoms with Gasteiger partial charge in [0, 0.05) is 6.61 Å². The van der Waals surface area contributed by atoms with Crippen molar-refractivity contribution in [1.29, 1.82) is 0 Å². The van der Waals surface area contributed by atoms with Gasteiger partial charge in [-0.25, -0.2) is 4.39 Å². The van der Waals surface area contributed by atoms with Crippen molar-refractivity contribution in [3.05, 3.63) is 35.1 Å². The van der Waals surface area contributed by atoms with Gasteiger partial charge in [0.25, 0.3) is 5.91 Å². The van der Waals surface area contributed by atoms with Gasteiger partial charge in [-0.15, -0.1) is 0 Å². The van der Waals surface area contributed by atoms with Gasteiger partial charge >= 0.3 is 6.18 Å². The minimum atomic E-state index is -4.63. The highest BCUT2D eigenvalue weighted by Gasteiger charge is 2.39. The van der Waals surface area contributed by atoms with E-state index in [0.29, 0.717) is 31.2 Å². The lowest BCUT2D eigenvalue weighted by molar-refractivity contribution is -0.137. The molecule has 1 N–H and O–H groups in total. The Hall–Kier alpha value is -1.63.